The standard InChI is InChI=1S/C14H17N4P/c1-2-19-12-8-11(10-6-4-3-5-7-10)13(18-12)14(16)17-9-15/h3-9,18-19H,2H2,1H3,(H3,15,16,17). The zero-order valence-corrected chi connectivity index (χ0v) is 11.8. The van der Waals surface area contributed by atoms with Crippen molar-refractivity contribution in [2.24, 2.45) is 10.7 Å². The Morgan fingerprint density at radius 2 is 2.16 bits per heavy atom. The van der Waals surface area contributed by atoms with Gasteiger partial charge in [0.05, 0.1) is 5.69 Å². The van der Waals surface area contributed by atoms with E-state index in [1.165, 1.54) is 5.44 Å². The van der Waals surface area contributed by atoms with Crippen LogP contribution in [0.3, 0.4) is 0 Å². The molecule has 0 bridgehead atoms. The minimum absolute atomic E-state index is 0.348. The normalized spacial score (nSPS) is 12.2. The van der Waals surface area contributed by atoms with Crippen molar-refractivity contribution in [3.8, 4) is 11.1 Å². The topological polar surface area (TPSA) is 78.0 Å². The molecule has 1 aromatic carbocycles. The number of nitrogens with two attached hydrogens (primary N) is 1. The van der Waals surface area contributed by atoms with Gasteiger partial charge in [-0.3, -0.25) is 5.41 Å². The van der Waals surface area contributed by atoms with Crippen molar-refractivity contribution in [3.05, 3.63) is 42.1 Å². The average Bonchev–Trinajstić information content (AvgIpc) is 2.85. The van der Waals surface area contributed by atoms with Gasteiger partial charge in [0.1, 0.15) is 12.2 Å². The molecular weight excluding hydrogens is 255 g/mol. The lowest BCUT2D eigenvalue weighted by Gasteiger charge is -2.02. The Hall–Kier alpha value is -1.93. The number of hydrogen-bond donors (Lipinski definition) is 3. The van der Waals surface area contributed by atoms with E-state index in [-0.39, 0.29) is 0 Å². The van der Waals surface area contributed by atoms with Gasteiger partial charge in [-0.15, -0.1) is 0 Å². The van der Waals surface area contributed by atoms with Gasteiger partial charge in [-0.05, 0) is 17.8 Å². The first-order valence-electron chi connectivity index (χ1n) is 6.11. The molecule has 1 unspecified atom stereocenters. The molecule has 19 heavy (non-hydrogen) atoms. The second kappa shape index (κ2) is 6.30. The number of amidine groups is 1. The molecule has 0 radical (unpaired) electrons. The molecule has 0 amide bonds. The average molecular weight is 272 g/mol. The largest absolute Gasteiger partial charge is 0.382 e. The van der Waals surface area contributed by atoms with E-state index in [1.54, 1.807) is 0 Å². The Kier molecular flexibility index (Phi) is 4.48. The van der Waals surface area contributed by atoms with Gasteiger partial charge >= 0.3 is 0 Å². The van der Waals surface area contributed by atoms with Gasteiger partial charge in [-0.25, -0.2) is 4.99 Å². The van der Waals surface area contributed by atoms with Crippen LogP contribution in [0.4, 0.5) is 0 Å². The smallest absolute Gasteiger partial charge is 0.149 e. The summed E-state index contributed by atoms with van der Waals surface area (Å²) in [5, 5.41) is 7.04. The first-order valence-corrected chi connectivity index (χ1v) is 7.31. The van der Waals surface area contributed by atoms with Gasteiger partial charge in [-0.2, -0.15) is 0 Å². The molecule has 0 spiro atoms. The lowest BCUT2D eigenvalue weighted by molar-refractivity contribution is 1.37. The number of nitrogens with one attached hydrogen (secondary N) is 2. The second-order valence-corrected chi connectivity index (χ2v) is 5.61. The molecule has 2 rings (SSSR count). The maximum absolute atomic E-state index is 7.04. The zero-order chi connectivity index (χ0) is 13.7. The summed E-state index contributed by atoms with van der Waals surface area (Å²) >= 11 is 0. The van der Waals surface area contributed by atoms with Crippen LogP contribution in [-0.4, -0.2) is 23.3 Å². The van der Waals surface area contributed by atoms with E-state index < -0.39 is 0 Å². The summed E-state index contributed by atoms with van der Waals surface area (Å²) in [6, 6.07) is 12.2. The van der Waals surface area contributed by atoms with Crippen molar-refractivity contribution in [1.82, 2.24) is 4.98 Å². The fourth-order valence-electron chi connectivity index (χ4n) is 1.92. The van der Waals surface area contributed by atoms with Crippen LogP contribution in [0.15, 0.2) is 41.4 Å². The molecule has 1 aromatic heterocycles. The van der Waals surface area contributed by atoms with Gasteiger partial charge in [-0.1, -0.05) is 45.8 Å². The molecule has 98 valence electrons. The molecule has 1 heterocycles. The summed E-state index contributed by atoms with van der Waals surface area (Å²) in [7, 11) is 0.721. The third kappa shape index (κ3) is 3.09. The van der Waals surface area contributed by atoms with Crippen LogP contribution in [0, 0.1) is 5.41 Å². The Morgan fingerprint density at radius 1 is 1.42 bits per heavy atom. The van der Waals surface area contributed by atoms with Crippen LogP contribution >= 0.6 is 8.58 Å². The van der Waals surface area contributed by atoms with Gasteiger partial charge in [0.15, 0.2) is 0 Å². The number of nitrogens with zero attached hydrogens (tertiary/aromatic N) is 1. The van der Waals surface area contributed by atoms with Crippen molar-refractivity contribution in [1.29, 1.82) is 5.41 Å². The number of rotatable bonds is 5. The highest BCUT2D eigenvalue weighted by Crippen LogP contribution is 2.24. The fraction of sp³-hybridized carbons (Fsp3) is 0.143. The summed E-state index contributed by atoms with van der Waals surface area (Å²) < 4.78 is 0. The Bertz CT molecular complexity index is 587. The number of H-pyrrole nitrogens is 1. The highest BCUT2D eigenvalue weighted by atomic mass is 31.1. The molecule has 2 aromatic rings. The van der Waals surface area contributed by atoms with Crippen molar-refractivity contribution >= 4 is 26.2 Å². The quantitative estimate of drug-likeness (QED) is 0.436. The fourth-order valence-corrected chi connectivity index (χ4v) is 2.76. The van der Waals surface area contributed by atoms with Crippen LogP contribution in [0.1, 0.15) is 12.6 Å². The SMILES string of the molecule is CCPc1cc(-c2ccccc2)c(/C(N)=N\C=N)[nH]1. The lowest BCUT2D eigenvalue weighted by atomic mass is 10.1. The molecule has 4 nitrogen and oxygen atoms in total. The Morgan fingerprint density at radius 3 is 2.79 bits per heavy atom. The number of aromatic nitrogens is 1. The van der Waals surface area contributed by atoms with Crippen molar-refractivity contribution < 1.29 is 0 Å². The minimum Gasteiger partial charge on any atom is -0.382 e. The molecule has 0 aliphatic carbocycles. The Labute approximate surface area is 114 Å². The number of benzene rings is 1. The molecule has 0 saturated carbocycles. The van der Waals surface area contributed by atoms with E-state index in [4.69, 9.17) is 11.1 Å². The van der Waals surface area contributed by atoms with Gasteiger partial charge < -0.3 is 10.7 Å². The van der Waals surface area contributed by atoms with Crippen molar-refractivity contribution in [2.75, 3.05) is 6.16 Å². The molecule has 0 aliphatic heterocycles. The highest BCUT2D eigenvalue weighted by molar-refractivity contribution is 7.46. The first kappa shape index (κ1) is 13.5. The summed E-state index contributed by atoms with van der Waals surface area (Å²) in [5.41, 5.74) is 10.0. The third-order valence-corrected chi connectivity index (χ3v) is 3.73. The van der Waals surface area contributed by atoms with Crippen LogP contribution in [0.2, 0.25) is 0 Å². The number of aromatic amines is 1. The monoisotopic (exact) mass is 272 g/mol. The number of aliphatic imine (C=N–C) groups is 1. The summed E-state index contributed by atoms with van der Waals surface area (Å²) in [6.07, 6.45) is 2.06. The lowest BCUT2D eigenvalue weighted by Crippen LogP contribution is -2.16. The molecule has 1 atom stereocenters. The van der Waals surface area contributed by atoms with Crippen molar-refractivity contribution in [2.45, 2.75) is 6.92 Å². The molecular formula is C14H17N4P. The zero-order valence-electron chi connectivity index (χ0n) is 10.8. The maximum atomic E-state index is 7.04. The Balaban J connectivity index is 2.52. The molecule has 0 saturated heterocycles. The summed E-state index contributed by atoms with van der Waals surface area (Å²) in [5.74, 6) is 0.348. The summed E-state index contributed by atoms with van der Waals surface area (Å²) in [6.45, 7) is 2.15. The van der Waals surface area contributed by atoms with E-state index in [9.17, 15) is 0 Å². The van der Waals surface area contributed by atoms with E-state index in [0.29, 0.717) is 5.84 Å². The van der Waals surface area contributed by atoms with Crippen molar-refractivity contribution in [3.63, 3.8) is 0 Å². The third-order valence-electron chi connectivity index (χ3n) is 2.73. The predicted molar refractivity (Wildman–Crippen MR) is 84.2 cm³/mol. The predicted octanol–water partition coefficient (Wildman–Crippen LogP) is 2.32. The van der Waals surface area contributed by atoms with Gasteiger partial charge in [0, 0.05) is 11.0 Å². The van der Waals surface area contributed by atoms with E-state index in [1.807, 2.05) is 30.3 Å². The molecule has 5 heteroatoms. The second-order valence-electron chi connectivity index (χ2n) is 4.01. The minimum atomic E-state index is 0.348. The summed E-state index contributed by atoms with van der Waals surface area (Å²) in [4.78, 5) is 7.18. The van der Waals surface area contributed by atoms with Crippen LogP contribution in [0.25, 0.3) is 11.1 Å². The highest BCUT2D eigenvalue weighted by Gasteiger charge is 2.12. The first-order chi connectivity index (χ1) is 9.26. The van der Waals surface area contributed by atoms with Crippen LogP contribution < -0.4 is 11.2 Å². The van der Waals surface area contributed by atoms with E-state index >= 15 is 0 Å². The molecule has 4 N–H and O–H groups in total. The number of hydrogen-bond acceptors (Lipinski definition) is 1. The van der Waals surface area contributed by atoms with E-state index in [0.717, 1.165) is 37.9 Å². The molecule has 0 aliphatic rings. The maximum Gasteiger partial charge on any atom is 0.149 e. The van der Waals surface area contributed by atoms with Crippen LogP contribution in [0.5, 0.6) is 0 Å². The molecule has 0 fully saturated rings. The van der Waals surface area contributed by atoms with Gasteiger partial charge in [0.2, 0.25) is 0 Å². The van der Waals surface area contributed by atoms with Gasteiger partial charge in [0.25, 0.3) is 0 Å². The van der Waals surface area contributed by atoms with Crippen LogP contribution in [-0.2, 0) is 0 Å². The van der Waals surface area contributed by atoms with E-state index in [2.05, 4.69) is 23.0 Å².